The minimum atomic E-state index is -0.209. The number of benzene rings is 1. The summed E-state index contributed by atoms with van der Waals surface area (Å²) < 4.78 is 10.4. The Balaban J connectivity index is 1.91. The first-order valence-electron chi connectivity index (χ1n) is 10.7. The average Bonchev–Trinajstić information content (AvgIpc) is 3.39. The lowest BCUT2D eigenvalue weighted by Gasteiger charge is -2.14. The van der Waals surface area contributed by atoms with E-state index in [1.807, 2.05) is 24.5 Å². The molecule has 0 unspecified atom stereocenters. The number of nitrogens with one attached hydrogen (secondary N) is 2. The summed E-state index contributed by atoms with van der Waals surface area (Å²) in [7, 11) is 3.35. The molecule has 0 atom stereocenters. The van der Waals surface area contributed by atoms with E-state index >= 15 is 0 Å². The largest absolute Gasteiger partial charge is 0.478 e. The SMILES string of the molecule is CCC(=O)Nc1cccc(-n2cc(Nc3cn(C)nc3OC)c3ncn(C(C)C)c3c2=O)c1. The van der Waals surface area contributed by atoms with Gasteiger partial charge >= 0.3 is 0 Å². The number of anilines is 3. The Hall–Kier alpha value is -4.08. The predicted molar refractivity (Wildman–Crippen MR) is 128 cm³/mol. The smallest absolute Gasteiger partial charge is 0.281 e. The molecular formula is C23H27N7O3. The molecule has 10 nitrogen and oxygen atoms in total. The number of amides is 1. The van der Waals surface area contributed by atoms with Crippen LogP contribution in [0.4, 0.5) is 17.1 Å². The van der Waals surface area contributed by atoms with Crippen LogP contribution in [0.15, 0.2) is 47.8 Å². The molecule has 2 N–H and O–H groups in total. The number of aryl methyl sites for hydroxylation is 1. The third kappa shape index (κ3) is 4.19. The first-order chi connectivity index (χ1) is 15.8. The van der Waals surface area contributed by atoms with E-state index in [-0.39, 0.29) is 17.5 Å². The summed E-state index contributed by atoms with van der Waals surface area (Å²) in [6.07, 6.45) is 5.53. The molecule has 0 saturated carbocycles. The summed E-state index contributed by atoms with van der Waals surface area (Å²) >= 11 is 0. The molecule has 1 aromatic carbocycles. The molecule has 3 aromatic heterocycles. The van der Waals surface area contributed by atoms with Gasteiger partial charge in [0.25, 0.3) is 11.4 Å². The van der Waals surface area contributed by atoms with Crippen LogP contribution in [0.25, 0.3) is 16.7 Å². The van der Waals surface area contributed by atoms with Gasteiger partial charge in [-0.2, -0.15) is 0 Å². The van der Waals surface area contributed by atoms with Crippen molar-refractivity contribution < 1.29 is 9.53 Å². The molecular weight excluding hydrogens is 422 g/mol. The van der Waals surface area contributed by atoms with Crippen molar-refractivity contribution in [2.24, 2.45) is 7.05 Å². The van der Waals surface area contributed by atoms with E-state index in [0.717, 1.165) is 0 Å². The normalized spacial score (nSPS) is 11.2. The number of nitrogens with zero attached hydrogens (tertiary/aromatic N) is 5. The number of pyridine rings is 1. The van der Waals surface area contributed by atoms with E-state index in [2.05, 4.69) is 20.7 Å². The van der Waals surface area contributed by atoms with E-state index in [9.17, 15) is 9.59 Å². The lowest BCUT2D eigenvalue weighted by Crippen LogP contribution is -2.22. The van der Waals surface area contributed by atoms with Crippen molar-refractivity contribution in [3.8, 4) is 11.6 Å². The highest BCUT2D eigenvalue weighted by atomic mass is 16.5. The van der Waals surface area contributed by atoms with Crippen molar-refractivity contribution in [3.05, 3.63) is 53.3 Å². The maximum Gasteiger partial charge on any atom is 0.281 e. The molecule has 0 aliphatic heterocycles. The quantitative estimate of drug-likeness (QED) is 0.446. The molecule has 0 fully saturated rings. The Bertz CT molecular complexity index is 1380. The van der Waals surface area contributed by atoms with Crippen molar-refractivity contribution >= 4 is 34.0 Å². The monoisotopic (exact) mass is 449 g/mol. The molecule has 33 heavy (non-hydrogen) atoms. The first-order valence-corrected chi connectivity index (χ1v) is 10.7. The van der Waals surface area contributed by atoms with Crippen LogP contribution in [0, 0.1) is 0 Å². The second kappa shape index (κ2) is 8.81. The van der Waals surface area contributed by atoms with E-state index in [0.29, 0.717) is 46.1 Å². The van der Waals surface area contributed by atoms with Crippen molar-refractivity contribution in [1.82, 2.24) is 23.9 Å². The van der Waals surface area contributed by atoms with Gasteiger partial charge in [0.05, 0.1) is 31.0 Å². The van der Waals surface area contributed by atoms with Gasteiger partial charge in [0.2, 0.25) is 5.91 Å². The maximum atomic E-state index is 13.6. The van der Waals surface area contributed by atoms with Gasteiger partial charge in [-0.1, -0.05) is 13.0 Å². The molecule has 4 aromatic rings. The Morgan fingerprint density at radius 3 is 2.70 bits per heavy atom. The number of fused-ring (bicyclic) bond motifs is 1. The third-order valence-electron chi connectivity index (χ3n) is 5.27. The highest BCUT2D eigenvalue weighted by molar-refractivity contribution is 5.91. The molecule has 0 spiro atoms. The van der Waals surface area contributed by atoms with Gasteiger partial charge in [-0.25, -0.2) is 4.98 Å². The minimum Gasteiger partial charge on any atom is -0.478 e. The number of rotatable bonds is 7. The van der Waals surface area contributed by atoms with Crippen molar-refractivity contribution in [2.45, 2.75) is 33.2 Å². The van der Waals surface area contributed by atoms with E-state index in [1.165, 1.54) is 0 Å². The molecule has 10 heteroatoms. The zero-order valence-electron chi connectivity index (χ0n) is 19.3. The van der Waals surface area contributed by atoms with Crippen molar-refractivity contribution in [3.63, 3.8) is 0 Å². The van der Waals surface area contributed by atoms with E-state index in [1.54, 1.807) is 67.3 Å². The molecule has 1 amide bonds. The average molecular weight is 450 g/mol. The van der Waals surface area contributed by atoms with E-state index < -0.39 is 0 Å². The number of imidazole rings is 1. The van der Waals surface area contributed by atoms with Gasteiger partial charge in [-0.3, -0.25) is 18.8 Å². The second-order valence-corrected chi connectivity index (χ2v) is 7.96. The Morgan fingerprint density at radius 2 is 2.00 bits per heavy atom. The van der Waals surface area contributed by atoms with Crippen LogP contribution < -0.4 is 20.9 Å². The number of methoxy groups -OCH3 is 1. The predicted octanol–water partition coefficient (Wildman–Crippen LogP) is 3.60. The molecule has 172 valence electrons. The summed E-state index contributed by atoms with van der Waals surface area (Å²) in [5.74, 6) is 0.329. The van der Waals surface area contributed by atoms with Crippen molar-refractivity contribution in [1.29, 1.82) is 0 Å². The highest BCUT2D eigenvalue weighted by Gasteiger charge is 2.19. The fourth-order valence-corrected chi connectivity index (χ4v) is 3.64. The van der Waals surface area contributed by atoms with Crippen LogP contribution in [0.3, 0.4) is 0 Å². The Morgan fingerprint density at radius 1 is 1.21 bits per heavy atom. The van der Waals surface area contributed by atoms with Crippen LogP contribution in [-0.4, -0.2) is 36.9 Å². The minimum absolute atomic E-state index is 0.0366. The van der Waals surface area contributed by atoms with Gasteiger partial charge in [0.15, 0.2) is 0 Å². The molecule has 0 radical (unpaired) electrons. The summed E-state index contributed by atoms with van der Waals surface area (Å²) in [6, 6.07) is 7.21. The summed E-state index contributed by atoms with van der Waals surface area (Å²) in [4.78, 5) is 30.0. The molecule has 0 saturated heterocycles. The lowest BCUT2D eigenvalue weighted by atomic mass is 10.2. The molecule has 0 bridgehead atoms. The lowest BCUT2D eigenvalue weighted by molar-refractivity contribution is -0.115. The summed E-state index contributed by atoms with van der Waals surface area (Å²) in [6.45, 7) is 5.78. The van der Waals surface area contributed by atoms with Gasteiger partial charge < -0.3 is 19.9 Å². The number of hydrogen-bond donors (Lipinski definition) is 2. The van der Waals surface area contributed by atoms with Crippen molar-refractivity contribution in [2.75, 3.05) is 17.7 Å². The number of carbonyl (C=O) groups is 1. The Kier molecular flexibility index (Phi) is 5.91. The summed E-state index contributed by atoms with van der Waals surface area (Å²) in [5.41, 5.74) is 3.32. The highest BCUT2D eigenvalue weighted by Crippen LogP contribution is 2.30. The van der Waals surface area contributed by atoms with Crippen LogP contribution in [0.1, 0.15) is 33.2 Å². The van der Waals surface area contributed by atoms with Crippen LogP contribution >= 0.6 is 0 Å². The summed E-state index contributed by atoms with van der Waals surface area (Å²) in [5, 5.41) is 10.4. The van der Waals surface area contributed by atoms with Gasteiger partial charge in [-0.15, -0.1) is 5.10 Å². The maximum absolute atomic E-state index is 13.6. The topological polar surface area (TPSA) is 108 Å². The number of hydrogen-bond acceptors (Lipinski definition) is 6. The van der Waals surface area contributed by atoms with Crippen LogP contribution in [-0.2, 0) is 11.8 Å². The van der Waals surface area contributed by atoms with Gasteiger partial charge in [-0.05, 0) is 32.0 Å². The fraction of sp³-hybridized carbons (Fsp3) is 0.304. The molecule has 0 aliphatic carbocycles. The van der Waals surface area contributed by atoms with Gasteiger partial charge in [0, 0.05) is 31.4 Å². The van der Waals surface area contributed by atoms with E-state index in [4.69, 9.17) is 4.74 Å². The van der Waals surface area contributed by atoms with Crippen LogP contribution in [0.5, 0.6) is 5.88 Å². The zero-order chi connectivity index (χ0) is 23.7. The second-order valence-electron chi connectivity index (χ2n) is 7.96. The van der Waals surface area contributed by atoms with Crippen LogP contribution in [0.2, 0.25) is 0 Å². The standard InChI is InChI=1S/C23H27N7O3/c1-6-19(31)25-15-8-7-9-16(10-15)29-12-17(26-18-11-28(4)27-22(18)33-5)20-21(23(29)32)30(13-24-20)14(2)3/h7-14,26H,6H2,1-5H3,(H,25,31). The number of carbonyl (C=O) groups excluding carboxylic acids is 1. The fourth-order valence-electron chi connectivity index (χ4n) is 3.64. The number of aromatic nitrogens is 5. The molecule has 4 rings (SSSR count). The van der Waals surface area contributed by atoms with Gasteiger partial charge in [0.1, 0.15) is 16.7 Å². The zero-order valence-corrected chi connectivity index (χ0v) is 19.3. The third-order valence-corrected chi connectivity index (χ3v) is 5.27. The Labute approximate surface area is 190 Å². The first kappa shape index (κ1) is 22.1. The molecule has 0 aliphatic rings. The number of ether oxygens (including phenoxy) is 1. The molecule has 3 heterocycles.